The van der Waals surface area contributed by atoms with E-state index in [1.165, 1.54) is 16.3 Å². The van der Waals surface area contributed by atoms with E-state index in [0.29, 0.717) is 6.42 Å². The molecule has 144 valence electrons. The van der Waals surface area contributed by atoms with E-state index in [-0.39, 0.29) is 11.8 Å². The Hall–Kier alpha value is -3.01. The van der Waals surface area contributed by atoms with Crippen molar-refractivity contribution in [3.05, 3.63) is 65.7 Å². The number of carbonyl (C=O) groups excluding carboxylic acids is 1. The van der Waals surface area contributed by atoms with E-state index in [9.17, 15) is 4.79 Å². The summed E-state index contributed by atoms with van der Waals surface area (Å²) in [6.07, 6.45) is 1.36. The molecule has 1 amide bonds. The maximum absolute atomic E-state index is 13.0. The minimum absolute atomic E-state index is 0.0532. The Kier molecular flexibility index (Phi) is 4.95. The van der Waals surface area contributed by atoms with Crippen molar-refractivity contribution in [2.45, 2.75) is 25.7 Å². The number of anilines is 1. The van der Waals surface area contributed by atoms with Crippen LogP contribution in [-0.4, -0.2) is 26.7 Å². The van der Waals surface area contributed by atoms with E-state index in [4.69, 9.17) is 9.47 Å². The molecule has 0 saturated heterocycles. The Bertz CT molecular complexity index is 1030. The first-order valence-electron chi connectivity index (χ1n) is 9.71. The smallest absolute Gasteiger partial charge is 0.227 e. The lowest BCUT2D eigenvalue weighted by molar-refractivity contribution is -0.119. The van der Waals surface area contributed by atoms with Gasteiger partial charge in [-0.1, -0.05) is 43.3 Å². The Morgan fingerprint density at radius 1 is 1.04 bits per heavy atom. The van der Waals surface area contributed by atoms with Crippen LogP contribution in [0.1, 0.15) is 36.8 Å². The summed E-state index contributed by atoms with van der Waals surface area (Å²) in [5, 5.41) is 2.38. The van der Waals surface area contributed by atoms with Crippen molar-refractivity contribution in [1.29, 1.82) is 0 Å². The molecule has 1 atom stereocenters. The lowest BCUT2D eigenvalue weighted by Crippen LogP contribution is -2.37. The first-order chi connectivity index (χ1) is 13.7. The Morgan fingerprint density at radius 3 is 2.61 bits per heavy atom. The van der Waals surface area contributed by atoms with Gasteiger partial charge in [-0.25, -0.2) is 0 Å². The number of hydrogen-bond donors (Lipinski definition) is 0. The number of amides is 1. The van der Waals surface area contributed by atoms with Crippen LogP contribution in [0.25, 0.3) is 10.8 Å². The molecular formula is C24H25NO3. The zero-order chi connectivity index (χ0) is 19.7. The van der Waals surface area contributed by atoms with Gasteiger partial charge in [0.25, 0.3) is 0 Å². The van der Waals surface area contributed by atoms with E-state index in [1.54, 1.807) is 14.2 Å². The number of rotatable bonds is 5. The lowest BCUT2D eigenvalue weighted by Gasteiger charge is -2.35. The molecule has 4 nitrogen and oxygen atoms in total. The number of carbonyl (C=O) groups is 1. The molecule has 0 N–H and O–H groups in total. The van der Waals surface area contributed by atoms with Crippen LogP contribution in [-0.2, 0) is 4.79 Å². The van der Waals surface area contributed by atoms with Gasteiger partial charge in [-0.15, -0.1) is 0 Å². The highest BCUT2D eigenvalue weighted by molar-refractivity contribution is 6.03. The van der Waals surface area contributed by atoms with Gasteiger partial charge in [0.15, 0.2) is 0 Å². The van der Waals surface area contributed by atoms with Gasteiger partial charge in [-0.3, -0.25) is 4.79 Å². The first kappa shape index (κ1) is 18.4. The second-order valence-electron chi connectivity index (χ2n) is 7.13. The molecule has 28 heavy (non-hydrogen) atoms. The summed E-state index contributed by atoms with van der Waals surface area (Å²) in [6, 6.07) is 18.4. The van der Waals surface area contributed by atoms with Gasteiger partial charge >= 0.3 is 0 Å². The van der Waals surface area contributed by atoms with Crippen molar-refractivity contribution < 1.29 is 14.3 Å². The zero-order valence-corrected chi connectivity index (χ0v) is 16.6. The normalized spacial score (nSPS) is 16.2. The summed E-state index contributed by atoms with van der Waals surface area (Å²) in [4.78, 5) is 15.0. The van der Waals surface area contributed by atoms with Gasteiger partial charge in [0.05, 0.1) is 14.2 Å². The molecule has 1 heterocycles. The van der Waals surface area contributed by atoms with Gasteiger partial charge < -0.3 is 14.4 Å². The van der Waals surface area contributed by atoms with E-state index < -0.39 is 0 Å². The van der Waals surface area contributed by atoms with Crippen LogP contribution in [0.2, 0.25) is 0 Å². The first-order valence-corrected chi connectivity index (χ1v) is 9.71. The van der Waals surface area contributed by atoms with Gasteiger partial charge in [-0.2, -0.15) is 0 Å². The molecule has 0 spiro atoms. The third kappa shape index (κ3) is 2.99. The van der Waals surface area contributed by atoms with E-state index in [0.717, 1.165) is 35.7 Å². The number of hydrogen-bond acceptors (Lipinski definition) is 3. The SMILES string of the molecule is CCCN1C(=O)CC(c2ccc(OC)cc2OC)c2c1ccc1ccccc21. The number of nitrogens with zero attached hydrogens (tertiary/aromatic N) is 1. The van der Waals surface area contributed by atoms with Gasteiger partial charge in [-0.05, 0) is 34.9 Å². The van der Waals surface area contributed by atoms with E-state index in [1.807, 2.05) is 23.1 Å². The molecule has 1 aliphatic rings. The molecule has 0 saturated carbocycles. The van der Waals surface area contributed by atoms with Crippen molar-refractivity contribution in [3.8, 4) is 11.5 Å². The second-order valence-corrected chi connectivity index (χ2v) is 7.13. The number of fused-ring (bicyclic) bond motifs is 3. The third-order valence-electron chi connectivity index (χ3n) is 5.53. The van der Waals surface area contributed by atoms with Gasteiger partial charge in [0, 0.05) is 36.2 Å². The molecule has 0 aromatic heterocycles. The highest BCUT2D eigenvalue weighted by atomic mass is 16.5. The lowest BCUT2D eigenvalue weighted by atomic mass is 9.80. The van der Waals surface area contributed by atoms with Crippen LogP contribution < -0.4 is 14.4 Å². The van der Waals surface area contributed by atoms with Crippen LogP contribution >= 0.6 is 0 Å². The molecule has 0 bridgehead atoms. The number of methoxy groups -OCH3 is 2. The summed E-state index contributed by atoms with van der Waals surface area (Å²) in [5.74, 6) is 1.60. The van der Waals surface area contributed by atoms with Crippen molar-refractivity contribution in [3.63, 3.8) is 0 Å². The van der Waals surface area contributed by atoms with Gasteiger partial charge in [0.1, 0.15) is 11.5 Å². The fourth-order valence-electron chi connectivity index (χ4n) is 4.25. The topological polar surface area (TPSA) is 38.8 Å². The standard InChI is InChI=1S/C24H25NO3/c1-4-13-25-21-12-9-16-7-5-6-8-18(16)24(21)20(15-23(25)26)19-11-10-17(27-2)14-22(19)28-3/h5-12,14,20H,4,13,15H2,1-3H3. The summed E-state index contributed by atoms with van der Waals surface area (Å²) >= 11 is 0. The average Bonchev–Trinajstić information content (AvgIpc) is 2.74. The minimum atomic E-state index is -0.0532. The molecule has 0 aliphatic carbocycles. The minimum Gasteiger partial charge on any atom is -0.497 e. The van der Waals surface area contributed by atoms with Crippen molar-refractivity contribution in [2.75, 3.05) is 25.7 Å². The molecule has 1 aliphatic heterocycles. The molecule has 3 aromatic carbocycles. The molecule has 3 aromatic rings. The molecule has 1 unspecified atom stereocenters. The van der Waals surface area contributed by atoms with Gasteiger partial charge in [0.2, 0.25) is 5.91 Å². The summed E-state index contributed by atoms with van der Waals surface area (Å²) < 4.78 is 11.0. The predicted molar refractivity (Wildman–Crippen MR) is 113 cm³/mol. The fraction of sp³-hybridized carbons (Fsp3) is 0.292. The second kappa shape index (κ2) is 7.55. The highest BCUT2D eigenvalue weighted by Gasteiger charge is 2.34. The predicted octanol–water partition coefficient (Wildman–Crippen LogP) is 5.14. The largest absolute Gasteiger partial charge is 0.497 e. The molecule has 4 rings (SSSR count). The number of ether oxygens (including phenoxy) is 2. The van der Waals surface area contributed by atoms with Crippen LogP contribution in [0.4, 0.5) is 5.69 Å². The molecule has 0 radical (unpaired) electrons. The van der Waals surface area contributed by atoms with Crippen LogP contribution in [0.15, 0.2) is 54.6 Å². The zero-order valence-electron chi connectivity index (χ0n) is 16.6. The third-order valence-corrected chi connectivity index (χ3v) is 5.53. The fourth-order valence-corrected chi connectivity index (χ4v) is 4.25. The van der Waals surface area contributed by atoms with Crippen LogP contribution in [0.3, 0.4) is 0 Å². The molecule has 0 fully saturated rings. The van der Waals surface area contributed by atoms with Crippen molar-refractivity contribution in [1.82, 2.24) is 0 Å². The quantitative estimate of drug-likeness (QED) is 0.620. The highest BCUT2D eigenvalue weighted by Crippen LogP contribution is 2.46. The summed E-state index contributed by atoms with van der Waals surface area (Å²) in [7, 11) is 3.31. The van der Waals surface area contributed by atoms with E-state index >= 15 is 0 Å². The Labute approximate surface area is 165 Å². The molecular weight excluding hydrogens is 350 g/mol. The van der Waals surface area contributed by atoms with Crippen LogP contribution in [0, 0.1) is 0 Å². The Balaban J connectivity index is 1.97. The Morgan fingerprint density at radius 2 is 1.86 bits per heavy atom. The molecule has 4 heteroatoms. The maximum atomic E-state index is 13.0. The average molecular weight is 375 g/mol. The maximum Gasteiger partial charge on any atom is 0.227 e. The van der Waals surface area contributed by atoms with Crippen molar-refractivity contribution in [2.24, 2.45) is 0 Å². The van der Waals surface area contributed by atoms with E-state index in [2.05, 4.69) is 43.3 Å². The van der Waals surface area contributed by atoms with Crippen LogP contribution in [0.5, 0.6) is 11.5 Å². The number of benzene rings is 3. The van der Waals surface area contributed by atoms with Crippen molar-refractivity contribution >= 4 is 22.4 Å². The summed E-state index contributed by atoms with van der Waals surface area (Å²) in [5.41, 5.74) is 3.24. The summed E-state index contributed by atoms with van der Waals surface area (Å²) in [6.45, 7) is 2.84. The monoisotopic (exact) mass is 375 g/mol.